The van der Waals surface area contributed by atoms with Crippen molar-refractivity contribution in [2.75, 3.05) is 0 Å². The number of hydrogen-bond acceptors (Lipinski definition) is 0. The number of benzene rings is 3. The molecule has 35 heavy (non-hydrogen) atoms. The molecule has 0 spiro atoms. The van der Waals surface area contributed by atoms with E-state index in [0.29, 0.717) is 0 Å². The summed E-state index contributed by atoms with van der Waals surface area (Å²) >= 11 is 0. The summed E-state index contributed by atoms with van der Waals surface area (Å²) in [5.74, 6) is -43.7. The summed E-state index contributed by atoms with van der Waals surface area (Å²) in [6.07, 6.45) is 0.173. The Balaban J connectivity index is 2.69. The molecular weight excluding hydrogens is 518 g/mol. The van der Waals surface area contributed by atoms with E-state index in [-0.39, 0.29) is 6.08 Å². The fraction of sp³-hybridized carbons (Fsp3) is 0.0476. The molecule has 0 amide bonds. The van der Waals surface area contributed by atoms with Crippen LogP contribution in [0.2, 0.25) is 0 Å². The number of hydrogen-bond donors (Lipinski definition) is 0. The third kappa shape index (κ3) is 3.62. The molecule has 186 valence electrons. The summed E-state index contributed by atoms with van der Waals surface area (Å²) in [7, 11) is 0. The average Bonchev–Trinajstić information content (AvgIpc) is 2.83. The third-order valence-corrected chi connectivity index (χ3v) is 4.89. The van der Waals surface area contributed by atoms with Crippen LogP contribution in [0.4, 0.5) is 61.5 Å². The zero-order chi connectivity index (χ0) is 26.7. The zero-order valence-electron chi connectivity index (χ0n) is 16.2. The number of rotatable bonds is 4. The van der Waals surface area contributed by atoms with Gasteiger partial charge >= 0.3 is 0 Å². The highest BCUT2D eigenvalue weighted by Crippen LogP contribution is 2.44. The molecule has 0 saturated heterocycles. The van der Waals surface area contributed by atoms with Crippen molar-refractivity contribution < 1.29 is 61.5 Å². The largest absolute Gasteiger partial charge is 0.203 e. The lowest BCUT2D eigenvalue weighted by Crippen LogP contribution is -2.22. The van der Waals surface area contributed by atoms with Gasteiger partial charge < -0.3 is 0 Å². The Kier molecular flexibility index (Phi) is 6.61. The molecule has 14 heteroatoms. The van der Waals surface area contributed by atoms with E-state index in [9.17, 15) is 61.5 Å². The van der Waals surface area contributed by atoms with Gasteiger partial charge in [-0.15, -0.1) is 0 Å². The molecule has 0 aliphatic rings. The molecule has 0 heterocycles. The van der Waals surface area contributed by atoms with E-state index < -0.39 is 110 Å². The van der Waals surface area contributed by atoms with Crippen molar-refractivity contribution in [1.29, 1.82) is 0 Å². The van der Waals surface area contributed by atoms with Gasteiger partial charge in [0.25, 0.3) is 0 Å². The summed E-state index contributed by atoms with van der Waals surface area (Å²) in [5.41, 5.74) is -9.21. The fourth-order valence-corrected chi connectivity index (χ4v) is 3.28. The lowest BCUT2D eigenvalue weighted by atomic mass is 9.82. The van der Waals surface area contributed by atoms with E-state index in [1.54, 1.807) is 0 Å². The van der Waals surface area contributed by atoms with Crippen LogP contribution in [0.1, 0.15) is 28.2 Å². The summed E-state index contributed by atoms with van der Waals surface area (Å²) in [4.78, 5) is 0. The van der Waals surface area contributed by atoms with Crippen LogP contribution in [0, 0.1) is 81.4 Å². The molecule has 3 aromatic rings. The summed E-state index contributed by atoms with van der Waals surface area (Å²) < 4.78 is 198. The van der Waals surface area contributed by atoms with Crippen molar-refractivity contribution in [3.63, 3.8) is 0 Å². The Morgan fingerprint density at radius 1 is 0.343 bits per heavy atom. The summed E-state index contributed by atoms with van der Waals surface area (Å²) in [6.45, 7) is 2.81. The molecule has 0 aliphatic carbocycles. The van der Waals surface area contributed by atoms with Gasteiger partial charge in [0.15, 0.2) is 69.8 Å². The minimum Gasteiger partial charge on any atom is -0.203 e. The lowest BCUT2D eigenvalue weighted by Gasteiger charge is -2.24. The molecule has 3 rings (SSSR count). The van der Waals surface area contributed by atoms with Gasteiger partial charge in [0.2, 0.25) is 11.6 Å². The van der Waals surface area contributed by atoms with Crippen molar-refractivity contribution >= 4 is 6.08 Å². The van der Waals surface area contributed by atoms with Crippen molar-refractivity contribution in [3.8, 4) is 0 Å². The molecule has 0 radical (unpaired) electrons. The van der Waals surface area contributed by atoms with E-state index in [4.69, 9.17) is 0 Å². The van der Waals surface area contributed by atoms with Crippen LogP contribution in [0.5, 0.6) is 0 Å². The number of halogens is 14. The van der Waals surface area contributed by atoms with Crippen LogP contribution >= 0.6 is 0 Å². The highest BCUT2D eigenvalue weighted by Gasteiger charge is 2.42. The first-order valence-electron chi connectivity index (χ1n) is 8.71. The van der Waals surface area contributed by atoms with Gasteiger partial charge in [0.05, 0.1) is 11.5 Å². The molecule has 0 N–H and O–H groups in total. The van der Waals surface area contributed by atoms with E-state index in [0.717, 1.165) is 0 Å². The van der Waals surface area contributed by atoms with E-state index in [2.05, 4.69) is 6.58 Å². The second kappa shape index (κ2) is 8.89. The fourth-order valence-electron chi connectivity index (χ4n) is 3.28. The van der Waals surface area contributed by atoms with E-state index >= 15 is 0 Å². The molecule has 0 saturated carbocycles. The Bertz CT molecular complexity index is 1250. The Morgan fingerprint density at radius 3 is 0.771 bits per heavy atom. The lowest BCUT2D eigenvalue weighted by molar-refractivity contribution is 0.353. The maximum atomic E-state index is 14.8. The summed E-state index contributed by atoms with van der Waals surface area (Å²) in [6, 6.07) is 0. The van der Waals surface area contributed by atoms with Crippen LogP contribution in [0.3, 0.4) is 0 Å². The first-order valence-corrected chi connectivity index (χ1v) is 8.71. The van der Waals surface area contributed by atoms with Crippen molar-refractivity contribution in [3.05, 3.63) is 110 Å². The molecular formula is C21H4F14. The molecule has 0 atom stereocenters. The van der Waals surface area contributed by atoms with E-state index in [1.165, 1.54) is 0 Å². The van der Waals surface area contributed by atoms with Crippen molar-refractivity contribution in [2.24, 2.45) is 0 Å². The Morgan fingerprint density at radius 2 is 0.543 bits per heavy atom. The molecule has 0 nitrogen and oxygen atoms in total. The highest BCUT2D eigenvalue weighted by molar-refractivity contribution is 5.54. The standard InChI is InChI=1S/C21H4F14/c1-2-3-8(22)10(24)5(11(25)9(3)23)4(6-12(26)16(30)20(34)17(31)13(6)27)7-14(28)18(32)21(35)19(33)15(7)29/h2,4H,1H2. The third-order valence-electron chi connectivity index (χ3n) is 4.89. The second-order valence-corrected chi connectivity index (χ2v) is 6.69. The van der Waals surface area contributed by atoms with Gasteiger partial charge in [-0.3, -0.25) is 0 Å². The quantitative estimate of drug-likeness (QED) is 0.145. The van der Waals surface area contributed by atoms with Gasteiger partial charge in [0.1, 0.15) is 0 Å². The smallest absolute Gasteiger partial charge is 0.200 e. The van der Waals surface area contributed by atoms with E-state index in [1.807, 2.05) is 0 Å². The van der Waals surface area contributed by atoms with Gasteiger partial charge in [0, 0.05) is 16.7 Å². The first-order chi connectivity index (χ1) is 16.2. The predicted octanol–water partition coefficient (Wildman–Crippen LogP) is 7.46. The van der Waals surface area contributed by atoms with Crippen LogP contribution < -0.4 is 0 Å². The highest BCUT2D eigenvalue weighted by atomic mass is 19.2. The Labute approximate surface area is 184 Å². The maximum absolute atomic E-state index is 14.8. The average molecular weight is 522 g/mol. The molecule has 0 aliphatic heterocycles. The minimum absolute atomic E-state index is 0.173. The maximum Gasteiger partial charge on any atom is 0.200 e. The van der Waals surface area contributed by atoms with Crippen LogP contribution in [0.25, 0.3) is 6.08 Å². The van der Waals surface area contributed by atoms with Crippen LogP contribution in [0.15, 0.2) is 6.58 Å². The first kappa shape index (κ1) is 26.0. The predicted molar refractivity (Wildman–Crippen MR) is 89.8 cm³/mol. The van der Waals surface area contributed by atoms with Gasteiger partial charge in [-0.05, 0) is 0 Å². The van der Waals surface area contributed by atoms with Crippen molar-refractivity contribution in [1.82, 2.24) is 0 Å². The SMILES string of the molecule is C=Cc1c(F)c(F)c(C(c2c(F)c(F)c(F)c(F)c2F)c2c(F)c(F)c(F)c(F)c2F)c(F)c1F. The molecule has 0 fully saturated rings. The molecule has 0 bridgehead atoms. The van der Waals surface area contributed by atoms with Gasteiger partial charge in [-0.1, -0.05) is 12.7 Å². The van der Waals surface area contributed by atoms with Crippen molar-refractivity contribution in [2.45, 2.75) is 5.92 Å². The van der Waals surface area contributed by atoms with Crippen LogP contribution in [-0.4, -0.2) is 0 Å². The molecule has 3 aromatic carbocycles. The minimum atomic E-state index is -3.83. The molecule has 0 unspecified atom stereocenters. The topological polar surface area (TPSA) is 0 Å². The second-order valence-electron chi connectivity index (χ2n) is 6.69. The molecule has 0 aromatic heterocycles. The van der Waals surface area contributed by atoms with Crippen LogP contribution in [-0.2, 0) is 0 Å². The Hall–Kier alpha value is -3.58. The van der Waals surface area contributed by atoms with Gasteiger partial charge in [-0.2, -0.15) is 0 Å². The summed E-state index contributed by atoms with van der Waals surface area (Å²) in [5, 5.41) is 0. The normalized spacial score (nSPS) is 11.5. The van der Waals surface area contributed by atoms with Gasteiger partial charge in [-0.25, -0.2) is 61.5 Å². The monoisotopic (exact) mass is 522 g/mol. The zero-order valence-corrected chi connectivity index (χ0v) is 16.2.